The number of carbonyl (C=O) groups excluding carboxylic acids is 1. The molecule has 3 aromatic rings. The highest BCUT2D eigenvalue weighted by Gasteiger charge is 2.18. The van der Waals surface area contributed by atoms with Gasteiger partial charge in [0.2, 0.25) is 5.91 Å². The molecule has 1 N–H and O–H groups in total. The molecule has 0 radical (unpaired) electrons. The lowest BCUT2D eigenvalue weighted by atomic mass is 10.2. The number of hydrogen-bond donors (Lipinski definition) is 1. The Morgan fingerprint density at radius 2 is 2.00 bits per heavy atom. The minimum atomic E-state index is -0.142. The zero-order valence-electron chi connectivity index (χ0n) is 14.3. The van der Waals surface area contributed by atoms with Gasteiger partial charge in [0.05, 0.1) is 0 Å². The van der Waals surface area contributed by atoms with Crippen LogP contribution >= 0.6 is 11.8 Å². The van der Waals surface area contributed by atoms with Gasteiger partial charge in [-0.25, -0.2) is 0 Å². The topological polar surface area (TPSA) is 64.2 Å². The number of thioether (sulfide) groups is 1. The maximum absolute atomic E-state index is 12.5. The normalized spacial score (nSPS) is 12.4. The molecule has 0 saturated carbocycles. The number of rotatable bonds is 9. The second-order valence-corrected chi connectivity index (χ2v) is 6.85. The van der Waals surface area contributed by atoms with Crippen LogP contribution in [0.1, 0.15) is 24.7 Å². The maximum atomic E-state index is 12.5. The molecular weight excluding hydrogens is 334 g/mol. The third-order valence-electron chi connectivity index (χ3n) is 4.15. The molecule has 0 saturated heterocycles. The van der Waals surface area contributed by atoms with Crippen LogP contribution in [0.15, 0.2) is 48.9 Å². The lowest BCUT2D eigenvalue weighted by Gasteiger charge is -2.18. The Labute approximate surface area is 151 Å². The predicted molar refractivity (Wildman–Crippen MR) is 101 cm³/mol. The summed E-state index contributed by atoms with van der Waals surface area (Å²) in [4.78, 5) is 12.5. The van der Waals surface area contributed by atoms with Crippen molar-refractivity contribution in [2.75, 3.05) is 18.6 Å². The molecule has 7 heteroatoms. The number of nitrogens with one attached hydrogen (secondary N) is 1. The van der Waals surface area contributed by atoms with E-state index < -0.39 is 0 Å². The van der Waals surface area contributed by atoms with Gasteiger partial charge in [-0.2, -0.15) is 11.8 Å². The third kappa shape index (κ3) is 4.42. The molecule has 3 heterocycles. The zero-order chi connectivity index (χ0) is 17.5. The van der Waals surface area contributed by atoms with Crippen LogP contribution in [0.25, 0.3) is 5.65 Å². The first kappa shape index (κ1) is 17.5. The number of hydrogen-bond acceptors (Lipinski definition) is 4. The van der Waals surface area contributed by atoms with Crippen LogP contribution in [0, 0.1) is 0 Å². The molecule has 3 rings (SSSR count). The van der Waals surface area contributed by atoms with E-state index in [0.717, 1.165) is 36.5 Å². The summed E-state index contributed by atoms with van der Waals surface area (Å²) in [6, 6.07) is 9.62. The van der Waals surface area contributed by atoms with Crippen LogP contribution < -0.4 is 5.32 Å². The molecule has 0 aromatic carbocycles. The zero-order valence-corrected chi connectivity index (χ0v) is 15.2. The highest BCUT2D eigenvalue weighted by atomic mass is 32.2. The summed E-state index contributed by atoms with van der Waals surface area (Å²) >= 11 is 1.76. The minimum absolute atomic E-state index is 0.0800. The summed E-state index contributed by atoms with van der Waals surface area (Å²) in [7, 11) is 0. The van der Waals surface area contributed by atoms with Gasteiger partial charge in [0.15, 0.2) is 5.65 Å². The summed E-state index contributed by atoms with van der Waals surface area (Å²) in [6.07, 6.45) is 10.4. The highest BCUT2D eigenvalue weighted by Crippen LogP contribution is 2.15. The van der Waals surface area contributed by atoms with E-state index >= 15 is 0 Å². The molecular formula is C18H23N5OS. The Morgan fingerprint density at radius 3 is 2.80 bits per heavy atom. The number of amides is 1. The SMILES string of the molecule is CSCC[C@H](C(=O)NCCCc1nnc2ccccn12)n1cccc1. The molecule has 0 spiro atoms. The largest absolute Gasteiger partial charge is 0.354 e. The Hall–Kier alpha value is -2.28. The highest BCUT2D eigenvalue weighted by molar-refractivity contribution is 7.98. The average molecular weight is 357 g/mol. The number of carbonyl (C=O) groups is 1. The number of aryl methyl sites for hydroxylation is 1. The predicted octanol–water partition coefficient (Wildman–Crippen LogP) is 2.57. The van der Waals surface area contributed by atoms with Crippen LogP contribution in [0.4, 0.5) is 0 Å². The van der Waals surface area contributed by atoms with Gasteiger partial charge in [-0.1, -0.05) is 6.07 Å². The molecule has 0 aliphatic rings. The van der Waals surface area contributed by atoms with Gasteiger partial charge in [-0.3, -0.25) is 9.20 Å². The molecule has 6 nitrogen and oxygen atoms in total. The van der Waals surface area contributed by atoms with Crippen LogP contribution in [0.2, 0.25) is 0 Å². The fourth-order valence-corrected chi connectivity index (χ4v) is 3.30. The van der Waals surface area contributed by atoms with E-state index in [9.17, 15) is 4.79 Å². The number of aromatic nitrogens is 4. The molecule has 3 aromatic heterocycles. The van der Waals surface area contributed by atoms with E-state index in [0.29, 0.717) is 6.54 Å². The second kappa shape index (κ2) is 8.71. The molecule has 25 heavy (non-hydrogen) atoms. The number of fused-ring (bicyclic) bond motifs is 1. The Bertz CT molecular complexity index is 799. The van der Waals surface area contributed by atoms with Gasteiger partial charge in [0, 0.05) is 31.6 Å². The average Bonchev–Trinajstić information content (AvgIpc) is 3.29. The Morgan fingerprint density at radius 1 is 1.20 bits per heavy atom. The summed E-state index contributed by atoms with van der Waals surface area (Å²) in [6.45, 7) is 0.637. The van der Waals surface area contributed by atoms with Crippen molar-refractivity contribution < 1.29 is 4.79 Å². The van der Waals surface area contributed by atoms with Crippen LogP contribution in [-0.2, 0) is 11.2 Å². The summed E-state index contributed by atoms with van der Waals surface area (Å²) in [5.41, 5.74) is 0.853. The second-order valence-electron chi connectivity index (χ2n) is 5.87. The molecule has 132 valence electrons. The van der Waals surface area contributed by atoms with Gasteiger partial charge in [0.1, 0.15) is 11.9 Å². The van der Waals surface area contributed by atoms with Gasteiger partial charge in [-0.05, 0) is 49.1 Å². The first-order valence-electron chi connectivity index (χ1n) is 8.47. The van der Waals surface area contributed by atoms with Gasteiger partial charge in [0.25, 0.3) is 0 Å². The fraction of sp³-hybridized carbons (Fsp3) is 0.389. The maximum Gasteiger partial charge on any atom is 0.243 e. The molecule has 0 fully saturated rings. The van der Waals surface area contributed by atoms with Crippen molar-refractivity contribution in [2.24, 2.45) is 0 Å². The fourth-order valence-electron chi connectivity index (χ4n) is 2.84. The van der Waals surface area contributed by atoms with E-state index in [1.54, 1.807) is 11.8 Å². The van der Waals surface area contributed by atoms with Crippen LogP contribution in [0.3, 0.4) is 0 Å². The molecule has 0 bridgehead atoms. The lowest BCUT2D eigenvalue weighted by Crippen LogP contribution is -2.33. The van der Waals surface area contributed by atoms with Crippen LogP contribution in [-0.4, -0.2) is 43.6 Å². The van der Waals surface area contributed by atoms with Crippen molar-refractivity contribution >= 4 is 23.3 Å². The first-order chi connectivity index (χ1) is 12.3. The van der Waals surface area contributed by atoms with E-state index in [-0.39, 0.29) is 11.9 Å². The van der Waals surface area contributed by atoms with Crippen molar-refractivity contribution in [3.63, 3.8) is 0 Å². The standard InChI is InChI=1S/C18H23N5OS/c1-25-14-9-15(22-11-4-5-12-22)18(24)19-10-6-8-17-21-20-16-7-2-3-13-23(16)17/h2-5,7,11-13,15H,6,8-10,14H2,1H3,(H,19,24)/t15-/m1/s1. The molecule has 0 aliphatic heterocycles. The van der Waals surface area contributed by atoms with Gasteiger partial charge < -0.3 is 9.88 Å². The summed E-state index contributed by atoms with van der Waals surface area (Å²) in [5.74, 6) is 1.97. The smallest absolute Gasteiger partial charge is 0.243 e. The first-order valence-corrected chi connectivity index (χ1v) is 9.86. The van der Waals surface area contributed by atoms with E-state index in [4.69, 9.17) is 0 Å². The van der Waals surface area contributed by atoms with Crippen molar-refractivity contribution in [1.82, 2.24) is 24.5 Å². The number of pyridine rings is 1. The monoisotopic (exact) mass is 357 g/mol. The molecule has 0 unspecified atom stereocenters. The minimum Gasteiger partial charge on any atom is -0.354 e. The van der Waals surface area contributed by atoms with Gasteiger partial charge in [-0.15, -0.1) is 10.2 Å². The molecule has 0 aliphatic carbocycles. The molecule has 1 atom stereocenters. The van der Waals surface area contributed by atoms with Crippen molar-refractivity contribution in [3.05, 3.63) is 54.7 Å². The van der Waals surface area contributed by atoms with Crippen LogP contribution in [0.5, 0.6) is 0 Å². The quantitative estimate of drug-likeness (QED) is 0.598. The van der Waals surface area contributed by atoms with E-state index in [1.807, 2.05) is 57.9 Å². The Kier molecular flexibility index (Phi) is 6.11. The van der Waals surface area contributed by atoms with E-state index in [1.165, 1.54) is 0 Å². The van der Waals surface area contributed by atoms with Crippen molar-refractivity contribution in [1.29, 1.82) is 0 Å². The summed E-state index contributed by atoms with van der Waals surface area (Å²) in [5, 5.41) is 11.4. The summed E-state index contributed by atoms with van der Waals surface area (Å²) < 4.78 is 3.97. The van der Waals surface area contributed by atoms with Crippen molar-refractivity contribution in [3.8, 4) is 0 Å². The van der Waals surface area contributed by atoms with Crippen molar-refractivity contribution in [2.45, 2.75) is 25.3 Å². The third-order valence-corrected chi connectivity index (χ3v) is 4.79. The molecule has 1 amide bonds. The Balaban J connectivity index is 1.51. The number of nitrogens with zero attached hydrogens (tertiary/aromatic N) is 4. The van der Waals surface area contributed by atoms with E-state index in [2.05, 4.69) is 21.8 Å². The lowest BCUT2D eigenvalue weighted by molar-refractivity contribution is -0.124. The van der Waals surface area contributed by atoms with Gasteiger partial charge >= 0.3 is 0 Å².